The summed E-state index contributed by atoms with van der Waals surface area (Å²) in [5.74, 6) is 0.320. The summed E-state index contributed by atoms with van der Waals surface area (Å²) in [7, 11) is 1.62. The molecule has 0 saturated carbocycles. The fourth-order valence-corrected chi connectivity index (χ4v) is 2.15. The number of guanidine groups is 1. The first kappa shape index (κ1) is 23.8. The molecule has 0 saturated heterocycles. The molecular formula is C16H26F3IN4O. The Kier molecular flexibility index (Phi) is 11.6. The Bertz CT molecular complexity index is 522. The molecule has 5 nitrogen and oxygen atoms in total. The van der Waals surface area contributed by atoms with E-state index in [2.05, 4.69) is 39.1 Å². The molecule has 1 rings (SSSR count). The summed E-state index contributed by atoms with van der Waals surface area (Å²) in [6.07, 6.45) is -4.71. The number of nitrogens with one attached hydrogen (secondary N) is 2. The van der Waals surface area contributed by atoms with E-state index in [9.17, 15) is 13.2 Å². The Morgan fingerprint density at radius 2 is 1.80 bits per heavy atom. The predicted molar refractivity (Wildman–Crippen MR) is 105 cm³/mol. The predicted octanol–water partition coefficient (Wildman–Crippen LogP) is 3.21. The number of alkyl halides is 3. The van der Waals surface area contributed by atoms with Gasteiger partial charge in [-0.1, -0.05) is 32.0 Å². The largest absolute Gasteiger partial charge is 0.573 e. The van der Waals surface area contributed by atoms with Gasteiger partial charge in [-0.3, -0.25) is 4.99 Å². The van der Waals surface area contributed by atoms with E-state index >= 15 is 0 Å². The van der Waals surface area contributed by atoms with Crippen molar-refractivity contribution >= 4 is 29.9 Å². The first-order valence-electron chi connectivity index (χ1n) is 7.90. The zero-order valence-electron chi connectivity index (χ0n) is 14.7. The molecule has 0 fully saturated rings. The van der Waals surface area contributed by atoms with E-state index in [4.69, 9.17) is 0 Å². The number of likely N-dealkylation sites (N-methyl/N-ethyl adjacent to an activating group) is 1. The normalized spacial score (nSPS) is 11.9. The number of rotatable bonds is 8. The fourth-order valence-electron chi connectivity index (χ4n) is 2.15. The first-order valence-corrected chi connectivity index (χ1v) is 7.90. The molecule has 0 aliphatic carbocycles. The Morgan fingerprint density at radius 1 is 1.16 bits per heavy atom. The third-order valence-electron chi connectivity index (χ3n) is 3.48. The van der Waals surface area contributed by atoms with Gasteiger partial charge >= 0.3 is 6.36 Å². The van der Waals surface area contributed by atoms with E-state index in [1.54, 1.807) is 19.2 Å². The molecule has 2 N–H and O–H groups in total. The van der Waals surface area contributed by atoms with Crippen molar-refractivity contribution in [1.82, 2.24) is 15.5 Å². The third kappa shape index (κ3) is 9.73. The van der Waals surface area contributed by atoms with Gasteiger partial charge in [0.15, 0.2) is 5.96 Å². The van der Waals surface area contributed by atoms with Crippen molar-refractivity contribution in [2.75, 3.05) is 33.2 Å². The van der Waals surface area contributed by atoms with Crippen molar-refractivity contribution in [2.45, 2.75) is 26.8 Å². The van der Waals surface area contributed by atoms with Gasteiger partial charge in [0, 0.05) is 32.2 Å². The van der Waals surface area contributed by atoms with Gasteiger partial charge in [0.1, 0.15) is 5.75 Å². The Labute approximate surface area is 164 Å². The molecule has 0 radical (unpaired) electrons. The van der Waals surface area contributed by atoms with Crippen LogP contribution in [-0.2, 0) is 6.54 Å². The highest BCUT2D eigenvalue weighted by molar-refractivity contribution is 14.0. The summed E-state index contributed by atoms with van der Waals surface area (Å²) in [4.78, 5) is 6.33. The number of para-hydroxylation sites is 1. The average Bonchev–Trinajstić information content (AvgIpc) is 2.54. The Hall–Kier alpha value is -1.23. The van der Waals surface area contributed by atoms with Crippen LogP contribution in [0.3, 0.4) is 0 Å². The lowest BCUT2D eigenvalue weighted by Crippen LogP contribution is -2.41. The summed E-state index contributed by atoms with van der Waals surface area (Å²) in [5.41, 5.74) is 0.404. The smallest absolute Gasteiger partial charge is 0.405 e. The molecule has 0 aliphatic rings. The summed E-state index contributed by atoms with van der Waals surface area (Å²) in [6, 6.07) is 6.04. The van der Waals surface area contributed by atoms with Crippen LogP contribution < -0.4 is 15.4 Å². The van der Waals surface area contributed by atoms with Gasteiger partial charge in [0.2, 0.25) is 0 Å². The summed E-state index contributed by atoms with van der Waals surface area (Å²) < 4.78 is 41.3. The van der Waals surface area contributed by atoms with Gasteiger partial charge in [-0.05, 0) is 19.2 Å². The van der Waals surface area contributed by atoms with Gasteiger partial charge < -0.3 is 20.3 Å². The lowest BCUT2D eigenvalue weighted by atomic mass is 10.2. The van der Waals surface area contributed by atoms with Crippen LogP contribution in [0, 0.1) is 0 Å². The second-order valence-corrected chi connectivity index (χ2v) is 5.03. The van der Waals surface area contributed by atoms with Gasteiger partial charge in [-0.15, -0.1) is 37.1 Å². The number of aliphatic imine (C=N–C) groups is 1. The van der Waals surface area contributed by atoms with E-state index in [0.29, 0.717) is 18.1 Å². The third-order valence-corrected chi connectivity index (χ3v) is 3.48. The number of benzene rings is 1. The molecule has 1 aromatic carbocycles. The van der Waals surface area contributed by atoms with E-state index in [-0.39, 0.29) is 36.3 Å². The van der Waals surface area contributed by atoms with E-state index in [0.717, 1.165) is 19.6 Å². The zero-order chi connectivity index (χ0) is 18.0. The summed E-state index contributed by atoms with van der Waals surface area (Å²) in [5, 5.41) is 6.14. The van der Waals surface area contributed by atoms with Crippen LogP contribution in [0.5, 0.6) is 5.75 Å². The summed E-state index contributed by atoms with van der Waals surface area (Å²) in [6.45, 7) is 7.85. The quantitative estimate of drug-likeness (QED) is 0.345. The number of ether oxygens (including phenoxy) is 1. The average molecular weight is 474 g/mol. The highest BCUT2D eigenvalue weighted by atomic mass is 127. The van der Waals surface area contributed by atoms with Crippen molar-refractivity contribution in [3.8, 4) is 5.75 Å². The minimum atomic E-state index is -4.71. The molecule has 25 heavy (non-hydrogen) atoms. The van der Waals surface area contributed by atoms with Crippen LogP contribution in [0.1, 0.15) is 19.4 Å². The Balaban J connectivity index is 0.00000576. The molecule has 0 aliphatic heterocycles. The second kappa shape index (κ2) is 12.2. The first-order chi connectivity index (χ1) is 11.4. The molecule has 0 bridgehead atoms. The zero-order valence-corrected chi connectivity index (χ0v) is 17.0. The van der Waals surface area contributed by atoms with Crippen molar-refractivity contribution in [3.63, 3.8) is 0 Å². The molecule has 9 heteroatoms. The van der Waals surface area contributed by atoms with Crippen molar-refractivity contribution in [1.29, 1.82) is 0 Å². The van der Waals surface area contributed by atoms with Crippen LogP contribution in [0.15, 0.2) is 29.3 Å². The van der Waals surface area contributed by atoms with Gasteiger partial charge in [-0.2, -0.15) is 0 Å². The van der Waals surface area contributed by atoms with Crippen molar-refractivity contribution < 1.29 is 17.9 Å². The number of hydrogen-bond acceptors (Lipinski definition) is 3. The van der Waals surface area contributed by atoms with Crippen molar-refractivity contribution in [2.24, 2.45) is 4.99 Å². The molecular weight excluding hydrogens is 448 g/mol. The van der Waals surface area contributed by atoms with Crippen molar-refractivity contribution in [3.05, 3.63) is 29.8 Å². The van der Waals surface area contributed by atoms with Gasteiger partial charge in [0.05, 0.1) is 0 Å². The molecule has 0 atom stereocenters. The monoisotopic (exact) mass is 474 g/mol. The molecule has 0 aromatic heterocycles. The summed E-state index contributed by atoms with van der Waals surface area (Å²) >= 11 is 0. The standard InChI is InChI=1S/C16H25F3N4O.HI/c1-4-23(5-2)11-10-21-15(20-3)22-12-13-8-6-7-9-14(13)24-16(17,18)19;/h6-9H,4-5,10-12H2,1-3H3,(H2,20,21,22);1H. The maximum Gasteiger partial charge on any atom is 0.573 e. The molecule has 0 heterocycles. The fraction of sp³-hybridized carbons (Fsp3) is 0.562. The lowest BCUT2D eigenvalue weighted by molar-refractivity contribution is -0.274. The minimum absolute atomic E-state index is 0. The van der Waals surface area contributed by atoms with E-state index in [1.165, 1.54) is 12.1 Å². The number of halogens is 4. The highest BCUT2D eigenvalue weighted by Crippen LogP contribution is 2.25. The Morgan fingerprint density at radius 3 is 2.36 bits per heavy atom. The highest BCUT2D eigenvalue weighted by Gasteiger charge is 2.31. The van der Waals surface area contributed by atoms with Crippen LogP contribution in [0.4, 0.5) is 13.2 Å². The number of hydrogen-bond donors (Lipinski definition) is 2. The molecule has 0 unspecified atom stereocenters. The molecule has 0 spiro atoms. The minimum Gasteiger partial charge on any atom is -0.405 e. The SMILES string of the molecule is CCN(CC)CCNC(=NC)NCc1ccccc1OC(F)(F)F.I. The second-order valence-electron chi connectivity index (χ2n) is 5.03. The van der Waals surface area contributed by atoms with Crippen LogP contribution >= 0.6 is 24.0 Å². The van der Waals surface area contributed by atoms with Crippen LogP contribution in [0.2, 0.25) is 0 Å². The molecule has 144 valence electrons. The lowest BCUT2D eigenvalue weighted by Gasteiger charge is -2.19. The van der Waals surface area contributed by atoms with Crippen LogP contribution in [0.25, 0.3) is 0 Å². The van der Waals surface area contributed by atoms with Gasteiger partial charge in [-0.25, -0.2) is 0 Å². The topological polar surface area (TPSA) is 48.9 Å². The van der Waals surface area contributed by atoms with E-state index in [1.807, 2.05) is 0 Å². The van der Waals surface area contributed by atoms with E-state index < -0.39 is 6.36 Å². The number of nitrogens with zero attached hydrogens (tertiary/aromatic N) is 2. The maximum absolute atomic E-state index is 12.4. The molecule has 0 amide bonds. The molecule has 1 aromatic rings. The maximum atomic E-state index is 12.4. The van der Waals surface area contributed by atoms with Gasteiger partial charge in [0.25, 0.3) is 0 Å². The van der Waals surface area contributed by atoms with Crippen LogP contribution in [-0.4, -0.2) is 50.4 Å².